The molecule has 0 aromatic heterocycles. The van der Waals surface area contributed by atoms with Crippen molar-refractivity contribution in [1.29, 1.82) is 0 Å². The fraction of sp³-hybridized carbons (Fsp3) is 0.360. The maximum atomic E-state index is 13.6. The molecule has 5 rings (SSSR count). The van der Waals surface area contributed by atoms with Crippen molar-refractivity contribution in [3.63, 3.8) is 0 Å². The van der Waals surface area contributed by atoms with E-state index in [1.54, 1.807) is 31.4 Å². The molecule has 1 fully saturated rings. The van der Waals surface area contributed by atoms with Crippen molar-refractivity contribution >= 4 is 23.1 Å². The highest BCUT2D eigenvalue weighted by Crippen LogP contribution is 2.38. The number of benzene rings is 2. The Hall–Kier alpha value is -3.48. The summed E-state index contributed by atoms with van der Waals surface area (Å²) in [5.74, 6) is 1.45. The lowest BCUT2D eigenvalue weighted by atomic mass is 10.0. The van der Waals surface area contributed by atoms with Crippen molar-refractivity contribution < 1.29 is 23.8 Å². The molecule has 0 radical (unpaired) electrons. The highest BCUT2D eigenvalue weighted by Gasteiger charge is 2.43. The third-order valence-electron chi connectivity index (χ3n) is 6.33. The summed E-state index contributed by atoms with van der Waals surface area (Å²) in [6, 6.07) is 12.6. The smallest absolute Gasteiger partial charge is 0.278 e. The lowest BCUT2D eigenvalue weighted by molar-refractivity contribution is -0.139. The van der Waals surface area contributed by atoms with E-state index in [9.17, 15) is 9.59 Å². The molecular weight excluding hydrogens is 408 g/mol. The first-order valence-electron chi connectivity index (χ1n) is 11.1. The number of ether oxygens (including phenoxy) is 3. The van der Waals surface area contributed by atoms with E-state index >= 15 is 0 Å². The predicted molar refractivity (Wildman–Crippen MR) is 119 cm³/mol. The number of nitrogens with one attached hydrogen (secondary N) is 1. The van der Waals surface area contributed by atoms with Crippen LogP contribution in [0.4, 0.5) is 5.69 Å². The van der Waals surface area contributed by atoms with Crippen LogP contribution in [0, 0.1) is 0 Å². The van der Waals surface area contributed by atoms with Crippen molar-refractivity contribution in [2.75, 3.05) is 19.2 Å². The van der Waals surface area contributed by atoms with Gasteiger partial charge in [-0.05, 0) is 42.7 Å². The number of carbonyl (C=O) groups excluding carboxylic acids is 2. The Balaban J connectivity index is 1.53. The summed E-state index contributed by atoms with van der Waals surface area (Å²) >= 11 is 0. The summed E-state index contributed by atoms with van der Waals surface area (Å²) in [5, 5.41) is 3.21. The van der Waals surface area contributed by atoms with Gasteiger partial charge in [-0.15, -0.1) is 0 Å². The fourth-order valence-corrected chi connectivity index (χ4v) is 4.65. The Kier molecular flexibility index (Phi) is 5.47. The number of hydrogen-bond acceptors (Lipinski definition) is 6. The van der Waals surface area contributed by atoms with E-state index in [1.165, 1.54) is 4.90 Å². The lowest BCUT2D eigenvalue weighted by Gasteiger charge is -2.25. The van der Waals surface area contributed by atoms with Gasteiger partial charge in [-0.25, -0.2) is 0 Å². The van der Waals surface area contributed by atoms with Crippen LogP contribution in [0.15, 0.2) is 48.2 Å². The molecule has 2 aromatic rings. The molecule has 1 aliphatic carbocycles. The first kappa shape index (κ1) is 20.4. The molecule has 2 heterocycles. The van der Waals surface area contributed by atoms with Gasteiger partial charge in [0.25, 0.3) is 11.8 Å². The molecule has 166 valence electrons. The second kappa shape index (κ2) is 8.57. The summed E-state index contributed by atoms with van der Waals surface area (Å²) < 4.78 is 16.1. The van der Waals surface area contributed by atoms with E-state index in [2.05, 4.69) is 5.32 Å². The van der Waals surface area contributed by atoms with Crippen LogP contribution in [0.25, 0.3) is 5.57 Å². The third kappa shape index (κ3) is 3.68. The largest absolute Gasteiger partial charge is 0.497 e. The number of methoxy groups -OCH3 is 1. The number of amides is 2. The molecule has 1 saturated carbocycles. The number of rotatable bonds is 5. The summed E-state index contributed by atoms with van der Waals surface area (Å²) in [6.45, 7) is 0.172. The van der Waals surface area contributed by atoms with E-state index in [4.69, 9.17) is 14.2 Å². The minimum atomic E-state index is -0.273. The molecule has 0 bridgehead atoms. The molecule has 0 unspecified atom stereocenters. The van der Waals surface area contributed by atoms with Gasteiger partial charge in [-0.1, -0.05) is 37.8 Å². The Morgan fingerprint density at radius 2 is 1.62 bits per heavy atom. The van der Waals surface area contributed by atoms with Crippen molar-refractivity contribution in [1.82, 2.24) is 4.90 Å². The zero-order chi connectivity index (χ0) is 22.1. The minimum Gasteiger partial charge on any atom is -0.497 e. The number of nitrogens with zero attached hydrogens (tertiary/aromatic N) is 1. The van der Waals surface area contributed by atoms with Gasteiger partial charge in [0.1, 0.15) is 11.4 Å². The van der Waals surface area contributed by atoms with Crippen LogP contribution in [0.3, 0.4) is 0 Å². The second-order valence-electron chi connectivity index (χ2n) is 8.30. The van der Waals surface area contributed by atoms with E-state index in [1.807, 2.05) is 18.2 Å². The number of carbonyl (C=O) groups is 2. The van der Waals surface area contributed by atoms with Crippen LogP contribution < -0.4 is 19.5 Å². The molecule has 32 heavy (non-hydrogen) atoms. The molecule has 2 aliphatic heterocycles. The summed E-state index contributed by atoms with van der Waals surface area (Å²) in [4.78, 5) is 28.7. The topological polar surface area (TPSA) is 77.1 Å². The fourth-order valence-electron chi connectivity index (χ4n) is 4.65. The van der Waals surface area contributed by atoms with Gasteiger partial charge >= 0.3 is 0 Å². The minimum absolute atomic E-state index is 0.0678. The van der Waals surface area contributed by atoms with Gasteiger partial charge in [0.2, 0.25) is 6.79 Å². The van der Waals surface area contributed by atoms with Crippen LogP contribution in [-0.4, -0.2) is 36.7 Å². The maximum absolute atomic E-state index is 13.6. The molecule has 1 N–H and O–H groups in total. The average molecular weight is 434 g/mol. The quantitative estimate of drug-likeness (QED) is 0.557. The molecule has 7 heteroatoms. The van der Waals surface area contributed by atoms with Crippen LogP contribution in [0.5, 0.6) is 17.2 Å². The van der Waals surface area contributed by atoms with E-state index in [0.717, 1.165) is 38.5 Å². The Morgan fingerprint density at radius 3 is 2.34 bits per heavy atom. The van der Waals surface area contributed by atoms with Gasteiger partial charge in [-0.3, -0.25) is 14.5 Å². The monoisotopic (exact) mass is 434 g/mol. The van der Waals surface area contributed by atoms with Crippen LogP contribution >= 0.6 is 0 Å². The molecular formula is C25H26N2O5. The van der Waals surface area contributed by atoms with E-state index in [0.29, 0.717) is 39.8 Å². The van der Waals surface area contributed by atoms with Crippen molar-refractivity contribution in [2.45, 2.75) is 44.6 Å². The highest BCUT2D eigenvalue weighted by atomic mass is 16.7. The Morgan fingerprint density at radius 1 is 0.906 bits per heavy atom. The molecule has 0 saturated heterocycles. The first-order chi connectivity index (χ1) is 15.7. The Bertz CT molecular complexity index is 1070. The molecule has 2 amide bonds. The zero-order valence-corrected chi connectivity index (χ0v) is 18.1. The molecule has 2 aromatic carbocycles. The standard InChI is InChI=1S/C25H26N2O5/c1-30-19-11-8-16(9-12-19)22-23(26-17-10-13-20-21(14-17)32-15-31-20)25(29)27(24(22)28)18-6-4-2-3-5-7-18/h8-14,18,26H,2-7,15H2,1H3. The maximum Gasteiger partial charge on any atom is 0.278 e. The Labute approximate surface area is 186 Å². The van der Waals surface area contributed by atoms with Crippen molar-refractivity contribution in [3.8, 4) is 17.2 Å². The lowest BCUT2D eigenvalue weighted by Crippen LogP contribution is -2.41. The predicted octanol–water partition coefficient (Wildman–Crippen LogP) is 4.34. The summed E-state index contributed by atoms with van der Waals surface area (Å²) in [5.41, 5.74) is 2.03. The van der Waals surface area contributed by atoms with Crippen LogP contribution in [-0.2, 0) is 9.59 Å². The van der Waals surface area contributed by atoms with Gasteiger partial charge in [0.15, 0.2) is 11.5 Å². The highest BCUT2D eigenvalue weighted by molar-refractivity contribution is 6.36. The summed E-state index contributed by atoms with van der Waals surface area (Å²) in [7, 11) is 1.60. The second-order valence-corrected chi connectivity index (χ2v) is 8.30. The number of fused-ring (bicyclic) bond motifs is 1. The zero-order valence-electron chi connectivity index (χ0n) is 18.1. The molecule has 7 nitrogen and oxygen atoms in total. The molecule has 0 atom stereocenters. The van der Waals surface area contributed by atoms with Gasteiger partial charge in [0, 0.05) is 17.8 Å². The SMILES string of the molecule is COc1ccc(C2=C(Nc3ccc4c(c3)OCO4)C(=O)N(C3CCCCCC3)C2=O)cc1. The number of hydrogen-bond donors (Lipinski definition) is 1. The molecule has 0 spiro atoms. The number of imide groups is 1. The summed E-state index contributed by atoms with van der Waals surface area (Å²) in [6.07, 6.45) is 6.06. The van der Waals surface area contributed by atoms with Crippen LogP contribution in [0.1, 0.15) is 44.1 Å². The average Bonchev–Trinajstić information content (AvgIpc) is 3.25. The van der Waals surface area contributed by atoms with E-state index < -0.39 is 0 Å². The van der Waals surface area contributed by atoms with E-state index in [-0.39, 0.29) is 24.6 Å². The molecule has 3 aliphatic rings. The van der Waals surface area contributed by atoms with Gasteiger partial charge in [0.05, 0.1) is 12.7 Å². The first-order valence-corrected chi connectivity index (χ1v) is 11.1. The normalized spacial score (nSPS) is 18.8. The van der Waals surface area contributed by atoms with Crippen LogP contribution in [0.2, 0.25) is 0 Å². The van der Waals surface area contributed by atoms with Gasteiger partial charge in [-0.2, -0.15) is 0 Å². The van der Waals surface area contributed by atoms with Crippen molar-refractivity contribution in [3.05, 3.63) is 53.7 Å². The number of anilines is 1. The third-order valence-corrected chi connectivity index (χ3v) is 6.33. The van der Waals surface area contributed by atoms with Crippen molar-refractivity contribution in [2.24, 2.45) is 0 Å². The van der Waals surface area contributed by atoms with Gasteiger partial charge < -0.3 is 19.5 Å².